The van der Waals surface area contributed by atoms with Crippen LogP contribution in [0.2, 0.25) is 10.0 Å². The smallest absolute Gasteiger partial charge is 0.147 e. The van der Waals surface area contributed by atoms with Crippen molar-refractivity contribution in [2.45, 2.75) is 19.1 Å². The summed E-state index contributed by atoms with van der Waals surface area (Å²) in [5.74, 6) is 0.0363. The molecule has 21 heavy (non-hydrogen) atoms. The van der Waals surface area contributed by atoms with Gasteiger partial charge in [0.05, 0.1) is 11.1 Å². The number of rotatable bonds is 4. The van der Waals surface area contributed by atoms with Gasteiger partial charge in [-0.3, -0.25) is 0 Å². The van der Waals surface area contributed by atoms with Crippen LogP contribution in [-0.2, 0) is 0 Å². The minimum atomic E-state index is -0.658. The summed E-state index contributed by atoms with van der Waals surface area (Å²) in [6, 6.07) is 9.55. The molecular weight excluding hydrogens is 380 g/mol. The molecule has 0 saturated heterocycles. The van der Waals surface area contributed by atoms with Crippen molar-refractivity contribution in [2.24, 2.45) is 5.73 Å². The predicted octanol–water partition coefficient (Wildman–Crippen LogP) is 5.36. The average molecular weight is 393 g/mol. The van der Waals surface area contributed by atoms with E-state index in [1.165, 1.54) is 0 Å². The molecule has 0 aliphatic rings. The van der Waals surface area contributed by atoms with Gasteiger partial charge in [-0.15, -0.1) is 0 Å². The number of nitrogens with two attached hydrogens (primary N) is 1. The van der Waals surface area contributed by atoms with Crippen LogP contribution in [0.25, 0.3) is 0 Å². The number of halogens is 4. The van der Waals surface area contributed by atoms with Crippen molar-refractivity contribution in [3.8, 4) is 5.75 Å². The van der Waals surface area contributed by atoms with Crippen LogP contribution in [0, 0.1) is 5.82 Å². The van der Waals surface area contributed by atoms with Gasteiger partial charge in [0.1, 0.15) is 17.7 Å². The van der Waals surface area contributed by atoms with E-state index in [9.17, 15) is 4.39 Å². The minimum Gasteiger partial charge on any atom is -0.489 e. The Hall–Kier alpha value is -0.810. The molecule has 0 aliphatic heterocycles. The molecule has 0 spiro atoms. The summed E-state index contributed by atoms with van der Waals surface area (Å²) in [6.45, 7) is 1.76. The average Bonchev–Trinajstić information content (AvgIpc) is 2.44. The van der Waals surface area contributed by atoms with E-state index in [-0.39, 0.29) is 5.02 Å². The van der Waals surface area contributed by atoms with Crippen molar-refractivity contribution in [1.82, 2.24) is 0 Å². The van der Waals surface area contributed by atoms with Crippen LogP contribution in [0.1, 0.15) is 18.5 Å². The van der Waals surface area contributed by atoms with Crippen molar-refractivity contribution in [2.75, 3.05) is 0 Å². The Morgan fingerprint density at radius 3 is 2.62 bits per heavy atom. The normalized spacial score (nSPS) is 13.8. The van der Waals surface area contributed by atoms with E-state index in [1.54, 1.807) is 43.3 Å². The molecular formula is C15H13BrCl2FNO. The van der Waals surface area contributed by atoms with E-state index in [4.69, 9.17) is 33.7 Å². The molecule has 2 aromatic carbocycles. The molecule has 2 aromatic rings. The number of ether oxygens (including phenoxy) is 1. The quantitative estimate of drug-likeness (QED) is 0.710. The van der Waals surface area contributed by atoms with Crippen molar-refractivity contribution in [3.63, 3.8) is 0 Å². The van der Waals surface area contributed by atoms with Crippen molar-refractivity contribution < 1.29 is 9.13 Å². The lowest BCUT2D eigenvalue weighted by molar-refractivity contribution is 0.188. The number of benzene rings is 2. The maximum Gasteiger partial charge on any atom is 0.147 e. The van der Waals surface area contributed by atoms with Crippen LogP contribution in [0.3, 0.4) is 0 Å². The first-order valence-corrected chi connectivity index (χ1v) is 7.76. The van der Waals surface area contributed by atoms with E-state index >= 15 is 0 Å². The highest BCUT2D eigenvalue weighted by atomic mass is 79.9. The van der Waals surface area contributed by atoms with E-state index in [0.29, 0.717) is 20.8 Å². The Bertz CT molecular complexity index is 654. The van der Waals surface area contributed by atoms with Gasteiger partial charge in [0, 0.05) is 15.1 Å². The van der Waals surface area contributed by atoms with Gasteiger partial charge in [-0.1, -0.05) is 35.3 Å². The Morgan fingerprint density at radius 2 is 1.95 bits per heavy atom. The Morgan fingerprint density at radius 1 is 1.24 bits per heavy atom. The van der Waals surface area contributed by atoms with Gasteiger partial charge in [-0.25, -0.2) is 4.39 Å². The third-order valence-electron chi connectivity index (χ3n) is 3.05. The third kappa shape index (κ3) is 3.89. The fourth-order valence-electron chi connectivity index (χ4n) is 1.88. The van der Waals surface area contributed by atoms with Crippen LogP contribution in [0.15, 0.2) is 40.9 Å². The summed E-state index contributed by atoms with van der Waals surface area (Å²) >= 11 is 14.9. The highest BCUT2D eigenvalue weighted by molar-refractivity contribution is 9.10. The molecule has 112 valence electrons. The zero-order chi connectivity index (χ0) is 15.6. The van der Waals surface area contributed by atoms with Gasteiger partial charge in [-0.05, 0) is 47.1 Å². The van der Waals surface area contributed by atoms with Crippen molar-refractivity contribution in [3.05, 3.63) is 62.3 Å². The lowest BCUT2D eigenvalue weighted by Gasteiger charge is -2.22. The molecule has 0 bridgehead atoms. The third-order valence-corrected chi connectivity index (χ3v) is 4.54. The molecule has 0 saturated carbocycles. The molecule has 2 unspecified atom stereocenters. The van der Waals surface area contributed by atoms with Gasteiger partial charge < -0.3 is 10.5 Å². The molecule has 2 atom stereocenters. The highest BCUT2D eigenvalue weighted by Gasteiger charge is 2.22. The van der Waals surface area contributed by atoms with E-state index in [1.807, 2.05) is 0 Å². The molecule has 0 heterocycles. The van der Waals surface area contributed by atoms with Gasteiger partial charge in [0.25, 0.3) is 0 Å². The summed E-state index contributed by atoms with van der Waals surface area (Å²) < 4.78 is 20.4. The first-order chi connectivity index (χ1) is 9.90. The van der Waals surface area contributed by atoms with Gasteiger partial charge in [0.2, 0.25) is 0 Å². The Kier molecular flexibility index (Phi) is 5.49. The molecule has 0 aliphatic carbocycles. The molecule has 2 nitrogen and oxygen atoms in total. The van der Waals surface area contributed by atoms with Crippen LogP contribution in [-0.4, -0.2) is 6.10 Å². The molecule has 2 rings (SSSR count). The minimum absolute atomic E-state index is 0.0119. The lowest BCUT2D eigenvalue weighted by Crippen LogP contribution is -2.29. The number of hydrogen-bond acceptors (Lipinski definition) is 2. The summed E-state index contributed by atoms with van der Waals surface area (Å²) in [4.78, 5) is 0. The van der Waals surface area contributed by atoms with Crippen LogP contribution in [0.4, 0.5) is 4.39 Å². The van der Waals surface area contributed by atoms with E-state index in [2.05, 4.69) is 15.9 Å². The monoisotopic (exact) mass is 391 g/mol. The Balaban J connectivity index is 2.20. The van der Waals surface area contributed by atoms with Gasteiger partial charge >= 0.3 is 0 Å². The highest BCUT2D eigenvalue weighted by Crippen LogP contribution is 2.31. The summed E-state index contributed by atoms with van der Waals surface area (Å²) in [7, 11) is 0. The summed E-state index contributed by atoms with van der Waals surface area (Å²) in [5.41, 5.74) is 6.38. The SMILES string of the molecule is CC(Oc1cccc(Cl)c1)C(N)c1ccc(Br)c(Cl)c1F. The first-order valence-electron chi connectivity index (χ1n) is 6.21. The second-order valence-electron chi connectivity index (χ2n) is 4.57. The maximum atomic E-state index is 14.2. The maximum absolute atomic E-state index is 14.2. The molecule has 0 radical (unpaired) electrons. The molecule has 6 heteroatoms. The lowest BCUT2D eigenvalue weighted by atomic mass is 10.0. The van der Waals surface area contributed by atoms with E-state index in [0.717, 1.165) is 0 Å². The van der Waals surface area contributed by atoms with Gasteiger partial charge in [-0.2, -0.15) is 0 Å². The first kappa shape index (κ1) is 16.6. The zero-order valence-electron chi connectivity index (χ0n) is 11.1. The van der Waals surface area contributed by atoms with Crippen LogP contribution in [0.5, 0.6) is 5.75 Å². The van der Waals surface area contributed by atoms with Gasteiger partial charge in [0.15, 0.2) is 0 Å². The Labute approximate surface area is 141 Å². The largest absolute Gasteiger partial charge is 0.489 e. The second-order valence-corrected chi connectivity index (χ2v) is 6.24. The van der Waals surface area contributed by atoms with E-state index < -0.39 is 18.0 Å². The topological polar surface area (TPSA) is 35.2 Å². The van der Waals surface area contributed by atoms with Crippen LogP contribution < -0.4 is 10.5 Å². The molecule has 0 fully saturated rings. The predicted molar refractivity (Wildman–Crippen MR) is 87.6 cm³/mol. The fraction of sp³-hybridized carbons (Fsp3) is 0.200. The summed E-state index contributed by atoms with van der Waals surface area (Å²) in [6.07, 6.45) is -0.449. The summed E-state index contributed by atoms with van der Waals surface area (Å²) in [5, 5.41) is 0.573. The zero-order valence-corrected chi connectivity index (χ0v) is 14.2. The standard InChI is InChI=1S/C15H13BrCl2FNO/c1-8(21-10-4-2-3-9(17)7-10)15(20)11-5-6-12(16)13(18)14(11)19/h2-8,15H,20H2,1H3. The molecule has 2 N–H and O–H groups in total. The van der Waals surface area contributed by atoms with Crippen molar-refractivity contribution in [1.29, 1.82) is 0 Å². The molecule has 0 aromatic heterocycles. The van der Waals surface area contributed by atoms with Crippen molar-refractivity contribution >= 4 is 39.1 Å². The molecule has 0 amide bonds. The van der Waals surface area contributed by atoms with Crippen LogP contribution >= 0.6 is 39.1 Å². The second kappa shape index (κ2) is 6.97. The fourth-order valence-corrected chi connectivity index (χ4v) is 2.54. The number of hydrogen-bond donors (Lipinski definition) is 1.